The van der Waals surface area contributed by atoms with Gasteiger partial charge >= 0.3 is 5.97 Å². The second kappa shape index (κ2) is 7.37. The standard InChI is InChI=1S/C17H23N3O4S/c1-11(2)10-20-13(4)16(12(3)19-20)25(23,24)18-9-14-5-7-15(8-6-14)17(21)22/h5-8,11,18H,9-10H2,1-4H3,(H,21,22). The summed E-state index contributed by atoms with van der Waals surface area (Å²) in [6.45, 7) is 8.25. The van der Waals surface area contributed by atoms with Crippen molar-refractivity contribution in [3.8, 4) is 0 Å². The molecule has 0 unspecified atom stereocenters. The Kier molecular flexibility index (Phi) is 5.64. The molecule has 1 heterocycles. The molecule has 2 rings (SSSR count). The van der Waals surface area contributed by atoms with Crippen LogP contribution in [0.2, 0.25) is 0 Å². The van der Waals surface area contributed by atoms with Crippen LogP contribution in [0.4, 0.5) is 0 Å². The largest absolute Gasteiger partial charge is 0.478 e. The molecule has 0 radical (unpaired) electrons. The minimum atomic E-state index is -3.71. The van der Waals surface area contributed by atoms with Crippen molar-refractivity contribution in [3.05, 3.63) is 46.8 Å². The molecule has 2 N–H and O–H groups in total. The molecule has 0 spiro atoms. The lowest BCUT2D eigenvalue weighted by molar-refractivity contribution is 0.0697. The number of sulfonamides is 1. The predicted molar refractivity (Wildman–Crippen MR) is 94.0 cm³/mol. The van der Waals surface area contributed by atoms with Crippen molar-refractivity contribution < 1.29 is 18.3 Å². The Morgan fingerprint density at radius 1 is 1.24 bits per heavy atom. The van der Waals surface area contributed by atoms with Crippen molar-refractivity contribution in [1.82, 2.24) is 14.5 Å². The lowest BCUT2D eigenvalue weighted by Crippen LogP contribution is -2.24. The predicted octanol–water partition coefficient (Wildman–Crippen LogP) is 2.33. The third-order valence-corrected chi connectivity index (χ3v) is 5.44. The van der Waals surface area contributed by atoms with Crippen LogP contribution in [0.15, 0.2) is 29.2 Å². The number of nitrogens with one attached hydrogen (secondary N) is 1. The summed E-state index contributed by atoms with van der Waals surface area (Å²) >= 11 is 0. The average Bonchev–Trinajstić information content (AvgIpc) is 2.79. The Morgan fingerprint density at radius 2 is 1.84 bits per heavy atom. The molecule has 0 aliphatic rings. The van der Waals surface area contributed by atoms with Crippen molar-refractivity contribution in [3.63, 3.8) is 0 Å². The van der Waals surface area contributed by atoms with Gasteiger partial charge in [0, 0.05) is 13.1 Å². The Labute approximate surface area is 147 Å². The lowest BCUT2D eigenvalue weighted by Gasteiger charge is -2.09. The summed E-state index contributed by atoms with van der Waals surface area (Å²) in [6.07, 6.45) is 0. The molecule has 2 aromatic rings. The van der Waals surface area contributed by atoms with Gasteiger partial charge in [0.25, 0.3) is 0 Å². The molecule has 0 fully saturated rings. The number of aromatic nitrogens is 2. The zero-order valence-electron chi connectivity index (χ0n) is 14.8. The van der Waals surface area contributed by atoms with E-state index in [0.29, 0.717) is 29.4 Å². The molecule has 1 aromatic heterocycles. The number of aromatic carboxylic acids is 1. The van der Waals surface area contributed by atoms with Crippen LogP contribution >= 0.6 is 0 Å². The molecule has 7 nitrogen and oxygen atoms in total. The molecular weight excluding hydrogens is 342 g/mol. The fraction of sp³-hybridized carbons (Fsp3) is 0.412. The first kappa shape index (κ1) is 19.1. The van der Waals surface area contributed by atoms with Gasteiger partial charge in [-0.25, -0.2) is 17.9 Å². The van der Waals surface area contributed by atoms with Crippen LogP contribution in [0.1, 0.15) is 41.2 Å². The van der Waals surface area contributed by atoms with Gasteiger partial charge in [-0.05, 0) is 37.5 Å². The van der Waals surface area contributed by atoms with E-state index in [4.69, 9.17) is 5.11 Å². The maximum absolute atomic E-state index is 12.7. The Bertz CT molecular complexity index is 868. The van der Waals surface area contributed by atoms with Gasteiger partial charge in [-0.2, -0.15) is 5.10 Å². The van der Waals surface area contributed by atoms with Crippen LogP contribution in [0.5, 0.6) is 0 Å². The molecule has 0 aliphatic heterocycles. The van der Waals surface area contributed by atoms with E-state index in [1.54, 1.807) is 30.7 Å². The number of carbonyl (C=O) groups is 1. The second-order valence-electron chi connectivity index (χ2n) is 6.40. The van der Waals surface area contributed by atoms with Crippen LogP contribution in [-0.4, -0.2) is 29.3 Å². The SMILES string of the molecule is Cc1nn(CC(C)C)c(C)c1S(=O)(=O)NCc1ccc(C(=O)O)cc1. The van der Waals surface area contributed by atoms with Crippen molar-refractivity contribution >= 4 is 16.0 Å². The first-order valence-corrected chi connectivity index (χ1v) is 9.46. The number of carboxylic acids is 1. The van der Waals surface area contributed by atoms with Crippen molar-refractivity contribution in [2.24, 2.45) is 5.92 Å². The van der Waals surface area contributed by atoms with Gasteiger partial charge in [0.1, 0.15) is 4.90 Å². The van der Waals surface area contributed by atoms with E-state index < -0.39 is 16.0 Å². The van der Waals surface area contributed by atoms with E-state index in [-0.39, 0.29) is 17.0 Å². The summed E-state index contributed by atoms with van der Waals surface area (Å²) in [5.74, 6) is -0.662. The maximum Gasteiger partial charge on any atom is 0.335 e. The zero-order valence-corrected chi connectivity index (χ0v) is 15.6. The number of aryl methyl sites for hydroxylation is 1. The van der Waals surface area contributed by atoms with Crippen LogP contribution in [-0.2, 0) is 23.1 Å². The smallest absolute Gasteiger partial charge is 0.335 e. The van der Waals surface area contributed by atoms with E-state index in [0.717, 1.165) is 0 Å². The third-order valence-electron chi connectivity index (χ3n) is 3.79. The van der Waals surface area contributed by atoms with Crippen LogP contribution in [0.3, 0.4) is 0 Å². The maximum atomic E-state index is 12.7. The third kappa shape index (κ3) is 4.46. The van der Waals surface area contributed by atoms with Gasteiger partial charge < -0.3 is 5.11 Å². The molecular formula is C17H23N3O4S. The van der Waals surface area contributed by atoms with E-state index in [1.165, 1.54) is 12.1 Å². The molecule has 1 aromatic carbocycles. The number of hydrogen-bond donors (Lipinski definition) is 2. The fourth-order valence-corrected chi connectivity index (χ4v) is 4.03. The Hall–Kier alpha value is -2.19. The molecule has 0 amide bonds. The monoisotopic (exact) mass is 365 g/mol. The number of nitrogens with zero attached hydrogens (tertiary/aromatic N) is 2. The molecule has 0 saturated carbocycles. The summed E-state index contributed by atoms with van der Waals surface area (Å²) in [7, 11) is -3.71. The number of hydrogen-bond acceptors (Lipinski definition) is 4. The summed E-state index contributed by atoms with van der Waals surface area (Å²) in [5.41, 5.74) is 1.92. The fourth-order valence-electron chi connectivity index (χ4n) is 2.61. The highest BCUT2D eigenvalue weighted by Gasteiger charge is 2.24. The van der Waals surface area contributed by atoms with Crippen molar-refractivity contribution in [2.75, 3.05) is 0 Å². The van der Waals surface area contributed by atoms with E-state index in [2.05, 4.69) is 9.82 Å². The van der Waals surface area contributed by atoms with Gasteiger partial charge in [-0.1, -0.05) is 26.0 Å². The molecule has 0 saturated heterocycles. The van der Waals surface area contributed by atoms with E-state index in [9.17, 15) is 13.2 Å². The molecule has 0 atom stereocenters. The van der Waals surface area contributed by atoms with Gasteiger partial charge in [-0.3, -0.25) is 4.68 Å². The number of benzene rings is 1. The summed E-state index contributed by atoms with van der Waals surface area (Å²) in [6, 6.07) is 6.08. The highest BCUT2D eigenvalue weighted by molar-refractivity contribution is 7.89. The Morgan fingerprint density at radius 3 is 2.36 bits per heavy atom. The lowest BCUT2D eigenvalue weighted by atomic mass is 10.1. The normalized spacial score (nSPS) is 11.9. The topological polar surface area (TPSA) is 101 Å². The number of carboxylic acid groups (broad SMARTS) is 1. The van der Waals surface area contributed by atoms with E-state index >= 15 is 0 Å². The zero-order chi connectivity index (χ0) is 18.8. The van der Waals surface area contributed by atoms with Crippen molar-refractivity contribution in [1.29, 1.82) is 0 Å². The van der Waals surface area contributed by atoms with Gasteiger partial charge in [0.2, 0.25) is 10.0 Å². The second-order valence-corrected chi connectivity index (χ2v) is 8.11. The molecule has 0 aliphatic carbocycles. The van der Waals surface area contributed by atoms with Crippen LogP contribution in [0, 0.1) is 19.8 Å². The molecule has 0 bridgehead atoms. The molecule has 25 heavy (non-hydrogen) atoms. The van der Waals surface area contributed by atoms with Gasteiger partial charge in [0.05, 0.1) is 17.0 Å². The highest BCUT2D eigenvalue weighted by atomic mass is 32.2. The first-order valence-electron chi connectivity index (χ1n) is 7.97. The quantitative estimate of drug-likeness (QED) is 0.784. The summed E-state index contributed by atoms with van der Waals surface area (Å²) < 4.78 is 29.6. The minimum absolute atomic E-state index is 0.0798. The minimum Gasteiger partial charge on any atom is -0.478 e. The van der Waals surface area contributed by atoms with Crippen LogP contribution < -0.4 is 4.72 Å². The molecule has 8 heteroatoms. The van der Waals surface area contributed by atoms with Gasteiger partial charge in [-0.15, -0.1) is 0 Å². The van der Waals surface area contributed by atoms with E-state index in [1.807, 2.05) is 13.8 Å². The molecule has 136 valence electrons. The van der Waals surface area contributed by atoms with Gasteiger partial charge in [0.15, 0.2) is 0 Å². The number of rotatable bonds is 7. The highest BCUT2D eigenvalue weighted by Crippen LogP contribution is 2.20. The average molecular weight is 365 g/mol. The van der Waals surface area contributed by atoms with Crippen molar-refractivity contribution in [2.45, 2.75) is 45.7 Å². The first-order chi connectivity index (χ1) is 11.6. The summed E-state index contributed by atoms with van der Waals surface area (Å²) in [4.78, 5) is 11.1. The summed E-state index contributed by atoms with van der Waals surface area (Å²) in [5, 5.41) is 13.2. The van der Waals surface area contributed by atoms with Crippen LogP contribution in [0.25, 0.3) is 0 Å². The Balaban J connectivity index is 2.19.